The lowest BCUT2D eigenvalue weighted by molar-refractivity contribution is 0.101. The first kappa shape index (κ1) is 14.8. The van der Waals surface area contributed by atoms with E-state index in [0.29, 0.717) is 16.8 Å². The molecule has 0 aliphatic rings. The zero-order valence-electron chi connectivity index (χ0n) is 11.0. The first-order valence-electron chi connectivity index (χ1n) is 6.15. The second-order valence-corrected chi connectivity index (χ2v) is 4.53. The van der Waals surface area contributed by atoms with Crippen LogP contribution in [0, 0.1) is 11.3 Å². The highest BCUT2D eigenvalue weighted by molar-refractivity contribution is 6.30. The van der Waals surface area contributed by atoms with Crippen LogP contribution in [0.25, 0.3) is 6.08 Å². The lowest BCUT2D eigenvalue weighted by atomic mass is 10.0. The number of Topliss-reactive ketones (excluding diaryl/α,β-unsaturated/α-hetero) is 2. The summed E-state index contributed by atoms with van der Waals surface area (Å²) in [6.07, 6.45) is 2.92. The molecule has 0 aliphatic heterocycles. The van der Waals surface area contributed by atoms with E-state index in [9.17, 15) is 9.59 Å². The summed E-state index contributed by atoms with van der Waals surface area (Å²) >= 11 is 5.47. The Bertz CT molecular complexity index is 739. The van der Waals surface area contributed by atoms with E-state index < -0.39 is 0 Å². The first-order valence-corrected chi connectivity index (χ1v) is 6.68. The minimum absolute atomic E-state index is 0.00655. The van der Waals surface area contributed by atoms with Crippen molar-refractivity contribution in [2.45, 2.75) is 0 Å². The number of nitrogens with one attached hydrogen (secondary N) is 1. The number of hydrogen-bond acceptors (Lipinski definition) is 3. The van der Waals surface area contributed by atoms with E-state index in [1.54, 1.807) is 36.4 Å². The third-order valence-corrected chi connectivity index (χ3v) is 3.09. The molecule has 1 aromatic heterocycles. The molecule has 5 heteroatoms. The van der Waals surface area contributed by atoms with Crippen molar-refractivity contribution in [2.24, 2.45) is 0 Å². The fourth-order valence-electron chi connectivity index (χ4n) is 1.78. The zero-order valence-corrected chi connectivity index (χ0v) is 11.7. The van der Waals surface area contributed by atoms with E-state index >= 15 is 0 Å². The number of allylic oxidation sites excluding steroid dienone is 1. The summed E-state index contributed by atoms with van der Waals surface area (Å²) < 4.78 is 0. The van der Waals surface area contributed by atoms with Gasteiger partial charge in [-0.25, -0.2) is 0 Å². The molecule has 0 amide bonds. The van der Waals surface area contributed by atoms with Gasteiger partial charge in [-0.05, 0) is 12.1 Å². The number of alkyl halides is 1. The highest BCUT2D eigenvalue weighted by atomic mass is 35.5. The van der Waals surface area contributed by atoms with E-state index in [4.69, 9.17) is 16.9 Å². The van der Waals surface area contributed by atoms with Gasteiger partial charge in [-0.3, -0.25) is 9.59 Å². The fourth-order valence-corrected chi connectivity index (χ4v) is 1.94. The van der Waals surface area contributed by atoms with Gasteiger partial charge in [-0.1, -0.05) is 30.3 Å². The van der Waals surface area contributed by atoms with Crippen LogP contribution in [-0.4, -0.2) is 22.4 Å². The number of nitrogens with zero attached hydrogens (tertiary/aromatic N) is 1. The maximum Gasteiger partial charge on any atom is 0.203 e. The van der Waals surface area contributed by atoms with Crippen LogP contribution < -0.4 is 0 Å². The van der Waals surface area contributed by atoms with Gasteiger partial charge in [0, 0.05) is 23.0 Å². The molecule has 0 bridgehead atoms. The third kappa shape index (κ3) is 3.47. The SMILES string of the molecule is N#CC(=Cc1cc(C(=O)CCl)c[nH]1)C(=O)c1ccccc1. The number of nitriles is 1. The number of carbonyl (C=O) groups excluding carboxylic acids is 2. The molecule has 1 heterocycles. The summed E-state index contributed by atoms with van der Waals surface area (Å²) in [7, 11) is 0. The fraction of sp³-hybridized carbons (Fsp3) is 0.0625. The molecule has 0 radical (unpaired) electrons. The number of H-pyrrole nitrogens is 1. The number of carbonyl (C=O) groups is 2. The molecule has 0 saturated heterocycles. The molecule has 0 spiro atoms. The Morgan fingerprint density at radius 1 is 1.24 bits per heavy atom. The Morgan fingerprint density at radius 3 is 2.57 bits per heavy atom. The van der Waals surface area contributed by atoms with Crippen molar-refractivity contribution in [2.75, 3.05) is 5.88 Å². The molecule has 0 atom stereocenters. The van der Waals surface area contributed by atoms with Gasteiger partial charge in [-0.2, -0.15) is 5.26 Å². The number of rotatable bonds is 5. The summed E-state index contributed by atoms with van der Waals surface area (Å²) in [4.78, 5) is 26.5. The first-order chi connectivity index (χ1) is 10.2. The van der Waals surface area contributed by atoms with Crippen molar-refractivity contribution in [3.63, 3.8) is 0 Å². The maximum absolute atomic E-state index is 12.2. The Labute approximate surface area is 126 Å². The van der Waals surface area contributed by atoms with Crippen molar-refractivity contribution in [3.8, 4) is 6.07 Å². The highest BCUT2D eigenvalue weighted by Crippen LogP contribution is 2.13. The minimum Gasteiger partial charge on any atom is -0.361 e. The van der Waals surface area contributed by atoms with E-state index in [-0.39, 0.29) is 23.0 Å². The second-order valence-electron chi connectivity index (χ2n) is 4.27. The summed E-state index contributed by atoms with van der Waals surface area (Å²) in [6, 6.07) is 12.0. The van der Waals surface area contributed by atoms with Crippen LogP contribution in [0.1, 0.15) is 26.4 Å². The normalized spacial score (nSPS) is 11.0. The predicted octanol–water partition coefficient (Wildman–Crippen LogP) is 3.23. The Balaban J connectivity index is 2.29. The molecule has 1 aromatic carbocycles. The van der Waals surface area contributed by atoms with E-state index in [0.717, 1.165) is 0 Å². The van der Waals surface area contributed by atoms with Gasteiger partial charge in [0.15, 0.2) is 5.78 Å². The van der Waals surface area contributed by atoms with Crippen molar-refractivity contribution in [3.05, 3.63) is 65.0 Å². The molecule has 0 saturated carbocycles. The molecule has 2 rings (SSSR count). The smallest absolute Gasteiger partial charge is 0.203 e. The van der Waals surface area contributed by atoms with E-state index in [2.05, 4.69) is 4.98 Å². The molecule has 2 aromatic rings. The van der Waals surface area contributed by atoms with Crippen LogP contribution in [0.15, 0.2) is 48.2 Å². The summed E-state index contributed by atoms with van der Waals surface area (Å²) in [5.41, 5.74) is 1.35. The topological polar surface area (TPSA) is 73.7 Å². The lowest BCUT2D eigenvalue weighted by Crippen LogP contribution is -2.01. The van der Waals surface area contributed by atoms with Crippen molar-refractivity contribution in [1.82, 2.24) is 4.98 Å². The van der Waals surface area contributed by atoms with Crippen LogP contribution >= 0.6 is 11.6 Å². The van der Waals surface area contributed by atoms with Gasteiger partial charge in [-0.15, -0.1) is 11.6 Å². The average molecular weight is 299 g/mol. The molecular weight excluding hydrogens is 288 g/mol. The Kier molecular flexibility index (Phi) is 4.70. The standard InChI is InChI=1S/C16H11ClN2O2/c17-8-15(20)13-7-14(19-10-13)6-12(9-18)16(21)11-4-2-1-3-5-11/h1-7,10,19H,8H2. The third-order valence-electron chi connectivity index (χ3n) is 2.85. The molecule has 4 nitrogen and oxygen atoms in total. The molecule has 1 N–H and O–H groups in total. The van der Waals surface area contributed by atoms with Gasteiger partial charge < -0.3 is 4.98 Å². The Morgan fingerprint density at radius 2 is 1.95 bits per heavy atom. The average Bonchev–Trinajstić information content (AvgIpc) is 3.00. The molecule has 21 heavy (non-hydrogen) atoms. The monoisotopic (exact) mass is 298 g/mol. The number of aromatic amines is 1. The van der Waals surface area contributed by atoms with Crippen LogP contribution in [-0.2, 0) is 0 Å². The molecule has 0 aliphatic carbocycles. The van der Waals surface area contributed by atoms with Gasteiger partial charge in [0.05, 0.1) is 5.88 Å². The van der Waals surface area contributed by atoms with Crippen molar-refractivity contribution in [1.29, 1.82) is 5.26 Å². The van der Waals surface area contributed by atoms with E-state index in [1.807, 2.05) is 6.07 Å². The summed E-state index contributed by atoms with van der Waals surface area (Å²) in [5.74, 6) is -0.701. The van der Waals surface area contributed by atoms with Crippen molar-refractivity contribution >= 4 is 29.2 Å². The Hall–Kier alpha value is -2.64. The number of benzene rings is 1. The maximum atomic E-state index is 12.2. The van der Waals surface area contributed by atoms with Crippen LogP contribution in [0.2, 0.25) is 0 Å². The number of aromatic nitrogens is 1. The van der Waals surface area contributed by atoms with Gasteiger partial charge in [0.1, 0.15) is 11.6 Å². The predicted molar refractivity (Wildman–Crippen MR) is 80.2 cm³/mol. The van der Waals surface area contributed by atoms with Crippen LogP contribution in [0.3, 0.4) is 0 Å². The van der Waals surface area contributed by atoms with Gasteiger partial charge in [0.2, 0.25) is 5.78 Å². The highest BCUT2D eigenvalue weighted by Gasteiger charge is 2.13. The molecule has 0 fully saturated rings. The number of halogens is 1. The molecule has 104 valence electrons. The molecular formula is C16H11ClN2O2. The second kappa shape index (κ2) is 6.69. The van der Waals surface area contributed by atoms with Gasteiger partial charge >= 0.3 is 0 Å². The number of hydrogen-bond donors (Lipinski definition) is 1. The van der Waals surface area contributed by atoms with Crippen LogP contribution in [0.5, 0.6) is 0 Å². The quantitative estimate of drug-likeness (QED) is 0.398. The zero-order chi connectivity index (χ0) is 15.2. The number of ketones is 2. The lowest BCUT2D eigenvalue weighted by Gasteiger charge is -1.98. The van der Waals surface area contributed by atoms with Crippen LogP contribution in [0.4, 0.5) is 0 Å². The minimum atomic E-state index is -0.363. The largest absolute Gasteiger partial charge is 0.361 e. The van der Waals surface area contributed by atoms with Crippen molar-refractivity contribution < 1.29 is 9.59 Å². The van der Waals surface area contributed by atoms with Gasteiger partial charge in [0.25, 0.3) is 0 Å². The molecule has 0 unspecified atom stereocenters. The summed E-state index contributed by atoms with van der Waals surface area (Å²) in [5, 5.41) is 9.14. The van der Waals surface area contributed by atoms with E-state index in [1.165, 1.54) is 12.3 Å². The summed E-state index contributed by atoms with van der Waals surface area (Å²) in [6.45, 7) is 0.